The Hall–Kier alpha value is -0.910. The zero-order valence-electron chi connectivity index (χ0n) is 8.22. The molecule has 0 saturated carbocycles. The lowest BCUT2D eigenvalue weighted by Crippen LogP contribution is -2.39. The summed E-state index contributed by atoms with van der Waals surface area (Å²) >= 11 is 3.23. The van der Waals surface area contributed by atoms with Gasteiger partial charge in [-0.1, -0.05) is 15.9 Å². The van der Waals surface area contributed by atoms with E-state index in [1.807, 2.05) is 0 Å². The first-order valence-corrected chi connectivity index (χ1v) is 5.49. The van der Waals surface area contributed by atoms with Crippen molar-refractivity contribution in [2.45, 2.75) is 6.18 Å². The van der Waals surface area contributed by atoms with Crippen LogP contribution >= 0.6 is 15.9 Å². The maximum atomic E-state index is 12.3. The van der Waals surface area contributed by atoms with Gasteiger partial charge in [0.15, 0.2) is 0 Å². The van der Waals surface area contributed by atoms with Gasteiger partial charge in [-0.2, -0.15) is 13.2 Å². The molecule has 1 aromatic carbocycles. The Labute approximate surface area is 99.1 Å². The standard InChI is InChI=1S/C10H9BrF3NO/c11-7-1-2-9-8(5-7)15(3-4-16-9)6-10(12,13)14/h1-2,5H,3-4,6H2. The average Bonchev–Trinajstić information content (AvgIpc) is 2.17. The van der Waals surface area contributed by atoms with Crippen LogP contribution in [0.2, 0.25) is 0 Å². The fourth-order valence-electron chi connectivity index (χ4n) is 1.63. The molecule has 0 bridgehead atoms. The van der Waals surface area contributed by atoms with E-state index in [-0.39, 0.29) is 13.2 Å². The van der Waals surface area contributed by atoms with Crippen molar-refractivity contribution < 1.29 is 17.9 Å². The van der Waals surface area contributed by atoms with Crippen LogP contribution in [0.15, 0.2) is 22.7 Å². The van der Waals surface area contributed by atoms with Crippen LogP contribution in [-0.4, -0.2) is 25.9 Å². The van der Waals surface area contributed by atoms with Gasteiger partial charge < -0.3 is 9.64 Å². The van der Waals surface area contributed by atoms with Crippen molar-refractivity contribution in [1.82, 2.24) is 0 Å². The first-order valence-electron chi connectivity index (χ1n) is 4.70. The van der Waals surface area contributed by atoms with Gasteiger partial charge in [0.1, 0.15) is 18.9 Å². The first-order chi connectivity index (χ1) is 7.46. The molecule has 0 amide bonds. The number of alkyl halides is 3. The highest BCUT2D eigenvalue weighted by atomic mass is 79.9. The molecule has 6 heteroatoms. The predicted molar refractivity (Wildman–Crippen MR) is 57.9 cm³/mol. The van der Waals surface area contributed by atoms with E-state index in [1.165, 1.54) is 4.90 Å². The highest BCUT2D eigenvalue weighted by Gasteiger charge is 2.33. The molecule has 0 spiro atoms. The molecule has 88 valence electrons. The van der Waals surface area contributed by atoms with E-state index < -0.39 is 12.7 Å². The lowest BCUT2D eigenvalue weighted by molar-refractivity contribution is -0.120. The lowest BCUT2D eigenvalue weighted by Gasteiger charge is -2.31. The SMILES string of the molecule is FC(F)(F)CN1CCOc2ccc(Br)cc21. The van der Waals surface area contributed by atoms with Crippen LogP contribution < -0.4 is 9.64 Å². The summed E-state index contributed by atoms with van der Waals surface area (Å²) in [7, 11) is 0. The normalized spacial score (nSPS) is 15.6. The van der Waals surface area contributed by atoms with Crippen LogP contribution in [0.25, 0.3) is 0 Å². The van der Waals surface area contributed by atoms with E-state index in [4.69, 9.17) is 4.74 Å². The van der Waals surface area contributed by atoms with Gasteiger partial charge in [0.25, 0.3) is 0 Å². The number of nitrogens with zero attached hydrogens (tertiary/aromatic N) is 1. The third-order valence-electron chi connectivity index (χ3n) is 2.25. The van der Waals surface area contributed by atoms with Crippen molar-refractivity contribution in [3.05, 3.63) is 22.7 Å². The highest BCUT2D eigenvalue weighted by Crippen LogP contribution is 2.35. The third-order valence-corrected chi connectivity index (χ3v) is 2.74. The molecule has 16 heavy (non-hydrogen) atoms. The van der Waals surface area contributed by atoms with Gasteiger partial charge in [-0.25, -0.2) is 0 Å². The molecule has 1 aromatic rings. The van der Waals surface area contributed by atoms with Gasteiger partial charge in [0.05, 0.1) is 12.2 Å². The molecule has 0 fully saturated rings. The summed E-state index contributed by atoms with van der Waals surface area (Å²) in [6.45, 7) is -0.409. The van der Waals surface area contributed by atoms with E-state index in [0.29, 0.717) is 11.4 Å². The number of rotatable bonds is 1. The second kappa shape index (κ2) is 4.16. The van der Waals surface area contributed by atoms with E-state index in [2.05, 4.69) is 15.9 Å². The molecule has 0 saturated heterocycles. The van der Waals surface area contributed by atoms with Crippen molar-refractivity contribution >= 4 is 21.6 Å². The summed E-state index contributed by atoms with van der Waals surface area (Å²) in [6, 6.07) is 5.05. The molecule has 2 nitrogen and oxygen atoms in total. The van der Waals surface area contributed by atoms with Gasteiger partial charge in [0, 0.05) is 4.47 Å². The van der Waals surface area contributed by atoms with Gasteiger partial charge in [0.2, 0.25) is 0 Å². The zero-order chi connectivity index (χ0) is 11.8. The van der Waals surface area contributed by atoms with Crippen molar-refractivity contribution in [2.24, 2.45) is 0 Å². The Balaban J connectivity index is 2.28. The van der Waals surface area contributed by atoms with Crippen molar-refractivity contribution in [1.29, 1.82) is 0 Å². The molecule has 0 atom stereocenters. The van der Waals surface area contributed by atoms with Crippen molar-refractivity contribution in [2.75, 3.05) is 24.6 Å². The van der Waals surface area contributed by atoms with Gasteiger partial charge in [-0.15, -0.1) is 0 Å². The number of halogens is 4. The van der Waals surface area contributed by atoms with Gasteiger partial charge in [-0.05, 0) is 18.2 Å². The minimum Gasteiger partial charge on any atom is -0.490 e. The Morgan fingerprint density at radius 2 is 2.12 bits per heavy atom. The summed E-state index contributed by atoms with van der Waals surface area (Å²) < 4.78 is 43.1. The van der Waals surface area contributed by atoms with Crippen LogP contribution in [0, 0.1) is 0 Å². The fourth-order valence-corrected chi connectivity index (χ4v) is 1.98. The molecule has 0 aromatic heterocycles. The molecular weight excluding hydrogens is 287 g/mol. The minimum atomic E-state index is -4.20. The molecule has 0 N–H and O–H groups in total. The predicted octanol–water partition coefficient (Wildman–Crippen LogP) is 3.21. The Morgan fingerprint density at radius 3 is 2.81 bits per heavy atom. The van der Waals surface area contributed by atoms with Crippen molar-refractivity contribution in [3.8, 4) is 5.75 Å². The second-order valence-corrected chi connectivity index (χ2v) is 4.41. The number of hydrogen-bond donors (Lipinski definition) is 0. The van der Waals surface area contributed by atoms with E-state index in [0.717, 1.165) is 4.47 Å². The van der Waals surface area contributed by atoms with Crippen LogP contribution in [0.1, 0.15) is 0 Å². The minimum absolute atomic E-state index is 0.253. The average molecular weight is 296 g/mol. The molecule has 0 aliphatic carbocycles. The molecule has 2 rings (SSSR count). The highest BCUT2D eigenvalue weighted by molar-refractivity contribution is 9.10. The fraction of sp³-hybridized carbons (Fsp3) is 0.400. The van der Waals surface area contributed by atoms with E-state index >= 15 is 0 Å². The van der Waals surface area contributed by atoms with Crippen LogP contribution in [0.3, 0.4) is 0 Å². The Kier molecular flexibility index (Phi) is 3.01. The maximum absolute atomic E-state index is 12.3. The number of hydrogen-bond acceptors (Lipinski definition) is 2. The van der Waals surface area contributed by atoms with Crippen LogP contribution in [-0.2, 0) is 0 Å². The summed E-state index contributed by atoms with van der Waals surface area (Å²) in [5.74, 6) is 0.499. The number of benzene rings is 1. The van der Waals surface area contributed by atoms with E-state index in [9.17, 15) is 13.2 Å². The summed E-state index contributed by atoms with van der Waals surface area (Å²) in [5, 5.41) is 0. The van der Waals surface area contributed by atoms with E-state index in [1.54, 1.807) is 18.2 Å². The smallest absolute Gasteiger partial charge is 0.405 e. The van der Waals surface area contributed by atoms with Gasteiger partial charge in [-0.3, -0.25) is 0 Å². The first kappa shape index (κ1) is 11.6. The topological polar surface area (TPSA) is 12.5 Å². The maximum Gasteiger partial charge on any atom is 0.405 e. The summed E-state index contributed by atoms with van der Waals surface area (Å²) in [5.41, 5.74) is 0.484. The quantitative estimate of drug-likeness (QED) is 0.789. The van der Waals surface area contributed by atoms with Gasteiger partial charge >= 0.3 is 6.18 Å². The monoisotopic (exact) mass is 295 g/mol. The molecular formula is C10H9BrF3NO. The molecule has 1 aliphatic rings. The largest absolute Gasteiger partial charge is 0.490 e. The molecule has 0 radical (unpaired) electrons. The summed E-state index contributed by atoms with van der Waals surface area (Å²) in [6.07, 6.45) is -4.20. The van der Waals surface area contributed by atoms with Crippen LogP contribution in [0.5, 0.6) is 5.75 Å². The lowest BCUT2D eigenvalue weighted by atomic mass is 10.2. The Morgan fingerprint density at radius 1 is 1.38 bits per heavy atom. The second-order valence-electron chi connectivity index (χ2n) is 3.50. The third kappa shape index (κ3) is 2.61. The number of ether oxygens (including phenoxy) is 1. The zero-order valence-corrected chi connectivity index (χ0v) is 9.81. The van der Waals surface area contributed by atoms with Crippen LogP contribution in [0.4, 0.5) is 18.9 Å². The van der Waals surface area contributed by atoms with Crippen molar-refractivity contribution in [3.63, 3.8) is 0 Å². The number of fused-ring (bicyclic) bond motifs is 1. The summed E-state index contributed by atoms with van der Waals surface area (Å²) in [4.78, 5) is 1.28. The number of anilines is 1. The molecule has 0 unspecified atom stereocenters. The molecule has 1 aliphatic heterocycles. The molecule has 1 heterocycles. The Bertz CT molecular complexity index is 394.